The summed E-state index contributed by atoms with van der Waals surface area (Å²) in [5, 5.41) is 1.69. The minimum Gasteiger partial charge on any atom is -0.497 e. The standard InChI is InChI=1S/C26H24N2O4/c1-16-12-13-21(17(2)14-16)27-25(29)22-23(18-8-7-11-20(15-18)31-3)28(32-24(22)26(27)30)19-9-5-4-6-10-19/h4-15,22-24H,1-3H3/t22-,23-,24+/m0/s1. The maximum Gasteiger partial charge on any atom is 0.266 e. The first kappa shape index (κ1) is 20.3. The molecule has 6 heteroatoms. The summed E-state index contributed by atoms with van der Waals surface area (Å²) in [6.45, 7) is 3.90. The van der Waals surface area contributed by atoms with Crippen LogP contribution in [0.1, 0.15) is 22.7 Å². The highest BCUT2D eigenvalue weighted by Gasteiger charge is 2.60. The van der Waals surface area contributed by atoms with Crippen LogP contribution in [0.5, 0.6) is 5.75 Å². The van der Waals surface area contributed by atoms with Gasteiger partial charge in [0.15, 0.2) is 6.10 Å². The van der Waals surface area contributed by atoms with Crippen molar-refractivity contribution in [1.82, 2.24) is 0 Å². The molecule has 0 N–H and O–H groups in total. The van der Waals surface area contributed by atoms with Crippen molar-refractivity contribution < 1.29 is 19.2 Å². The fraction of sp³-hybridized carbons (Fsp3) is 0.231. The van der Waals surface area contributed by atoms with Crippen LogP contribution in [0.4, 0.5) is 11.4 Å². The van der Waals surface area contributed by atoms with Crippen molar-refractivity contribution >= 4 is 23.2 Å². The fourth-order valence-electron chi connectivity index (χ4n) is 4.67. The number of hydrogen-bond acceptors (Lipinski definition) is 5. The third-order valence-electron chi connectivity index (χ3n) is 6.15. The van der Waals surface area contributed by atoms with Crippen molar-refractivity contribution in [2.45, 2.75) is 26.0 Å². The van der Waals surface area contributed by atoms with Crippen molar-refractivity contribution in [1.29, 1.82) is 0 Å². The number of rotatable bonds is 4. The molecule has 32 heavy (non-hydrogen) atoms. The van der Waals surface area contributed by atoms with Gasteiger partial charge in [0.25, 0.3) is 5.91 Å². The molecular formula is C26H24N2O4. The van der Waals surface area contributed by atoms with Crippen LogP contribution in [-0.4, -0.2) is 25.0 Å². The van der Waals surface area contributed by atoms with Gasteiger partial charge < -0.3 is 4.74 Å². The molecule has 2 aliphatic rings. The number of benzene rings is 3. The minimum absolute atomic E-state index is 0.252. The molecule has 2 amide bonds. The largest absolute Gasteiger partial charge is 0.497 e. The fourth-order valence-corrected chi connectivity index (χ4v) is 4.67. The van der Waals surface area contributed by atoms with Gasteiger partial charge in [0, 0.05) is 0 Å². The molecule has 0 saturated carbocycles. The summed E-state index contributed by atoms with van der Waals surface area (Å²) in [4.78, 5) is 34.6. The molecule has 2 saturated heterocycles. The van der Waals surface area contributed by atoms with Crippen molar-refractivity contribution in [3.8, 4) is 5.75 Å². The number of anilines is 2. The molecular weight excluding hydrogens is 404 g/mol. The number of hydroxylamine groups is 1. The highest BCUT2D eigenvalue weighted by molar-refractivity contribution is 6.24. The van der Waals surface area contributed by atoms with Gasteiger partial charge >= 0.3 is 0 Å². The zero-order valence-electron chi connectivity index (χ0n) is 18.2. The summed E-state index contributed by atoms with van der Waals surface area (Å²) in [5.41, 5.74) is 4.20. The quantitative estimate of drug-likeness (QED) is 0.578. The second kappa shape index (κ2) is 7.80. The van der Waals surface area contributed by atoms with Crippen molar-refractivity contribution in [2.75, 3.05) is 17.1 Å². The van der Waals surface area contributed by atoms with Gasteiger partial charge in [0.05, 0.1) is 24.5 Å². The maximum atomic E-state index is 13.7. The summed E-state index contributed by atoms with van der Waals surface area (Å²) in [7, 11) is 1.61. The van der Waals surface area contributed by atoms with E-state index in [2.05, 4.69) is 0 Å². The van der Waals surface area contributed by atoms with Gasteiger partial charge in [0.1, 0.15) is 11.7 Å². The molecule has 6 nitrogen and oxygen atoms in total. The zero-order valence-corrected chi connectivity index (χ0v) is 18.2. The lowest BCUT2D eigenvalue weighted by Gasteiger charge is -2.29. The Balaban J connectivity index is 1.60. The molecule has 0 aliphatic carbocycles. The summed E-state index contributed by atoms with van der Waals surface area (Å²) in [6.07, 6.45) is -0.889. The average molecular weight is 428 g/mol. The Morgan fingerprint density at radius 1 is 0.875 bits per heavy atom. The van der Waals surface area contributed by atoms with E-state index < -0.39 is 18.1 Å². The predicted molar refractivity (Wildman–Crippen MR) is 121 cm³/mol. The Kier molecular flexibility index (Phi) is 4.94. The van der Waals surface area contributed by atoms with Crippen LogP contribution in [0.15, 0.2) is 72.8 Å². The molecule has 0 unspecified atom stereocenters. The molecule has 3 atom stereocenters. The number of amides is 2. The van der Waals surface area contributed by atoms with Gasteiger partial charge in [-0.2, -0.15) is 0 Å². The van der Waals surface area contributed by atoms with Crippen LogP contribution in [0, 0.1) is 19.8 Å². The van der Waals surface area contributed by atoms with E-state index in [1.54, 1.807) is 12.2 Å². The van der Waals surface area contributed by atoms with Crippen molar-refractivity contribution in [3.63, 3.8) is 0 Å². The number of fused-ring (bicyclic) bond motifs is 1. The van der Waals surface area contributed by atoms with E-state index in [1.165, 1.54) is 4.90 Å². The first-order chi connectivity index (χ1) is 15.5. The van der Waals surface area contributed by atoms with Crippen LogP contribution < -0.4 is 14.7 Å². The topological polar surface area (TPSA) is 59.1 Å². The van der Waals surface area contributed by atoms with E-state index in [0.29, 0.717) is 11.4 Å². The van der Waals surface area contributed by atoms with Crippen molar-refractivity contribution in [2.24, 2.45) is 5.92 Å². The Hall–Kier alpha value is -3.64. The van der Waals surface area contributed by atoms with Gasteiger partial charge in [-0.15, -0.1) is 0 Å². The van der Waals surface area contributed by atoms with Gasteiger partial charge in [0.2, 0.25) is 5.91 Å². The third kappa shape index (κ3) is 3.15. The lowest BCUT2D eigenvalue weighted by atomic mass is 9.90. The number of imide groups is 1. The molecule has 2 fully saturated rings. The normalized spacial score (nSPS) is 22.4. The van der Waals surface area contributed by atoms with Crippen LogP contribution >= 0.6 is 0 Å². The monoisotopic (exact) mass is 428 g/mol. The number of aryl methyl sites for hydroxylation is 2. The minimum atomic E-state index is -0.889. The van der Waals surface area contributed by atoms with E-state index >= 15 is 0 Å². The lowest BCUT2D eigenvalue weighted by molar-refractivity contribution is -0.126. The lowest BCUT2D eigenvalue weighted by Crippen LogP contribution is -2.37. The number of nitrogens with zero attached hydrogens (tertiary/aromatic N) is 2. The summed E-state index contributed by atoms with van der Waals surface area (Å²) < 4.78 is 5.41. The SMILES string of the molecule is COc1cccc([C@H]2[C@@H]3C(=O)N(c4ccc(C)cc4C)C(=O)[C@@H]3ON2c2ccccc2)c1. The van der Waals surface area contributed by atoms with Gasteiger partial charge in [-0.3, -0.25) is 14.4 Å². The van der Waals surface area contributed by atoms with Crippen LogP contribution in [0.3, 0.4) is 0 Å². The molecule has 3 aromatic carbocycles. The summed E-state index contributed by atoms with van der Waals surface area (Å²) >= 11 is 0. The zero-order chi connectivity index (χ0) is 22.4. The van der Waals surface area contributed by atoms with Gasteiger partial charge in [-0.05, 0) is 55.3 Å². The molecule has 162 valence electrons. The second-order valence-corrected chi connectivity index (χ2v) is 8.24. The highest BCUT2D eigenvalue weighted by Crippen LogP contribution is 2.48. The molecule has 2 aliphatic heterocycles. The number of methoxy groups -OCH3 is 1. The molecule has 0 spiro atoms. The average Bonchev–Trinajstić information content (AvgIpc) is 3.31. The van der Waals surface area contributed by atoms with Crippen LogP contribution in [-0.2, 0) is 14.4 Å². The Morgan fingerprint density at radius 2 is 1.66 bits per heavy atom. The van der Waals surface area contributed by atoms with Crippen molar-refractivity contribution in [3.05, 3.63) is 89.5 Å². The maximum absolute atomic E-state index is 13.7. The molecule has 0 radical (unpaired) electrons. The van der Waals surface area contributed by atoms with E-state index in [4.69, 9.17) is 9.57 Å². The first-order valence-electron chi connectivity index (χ1n) is 10.6. The molecule has 0 bridgehead atoms. The van der Waals surface area contributed by atoms with Gasteiger partial charge in [-0.1, -0.05) is 48.0 Å². The van der Waals surface area contributed by atoms with E-state index in [9.17, 15) is 9.59 Å². The highest BCUT2D eigenvalue weighted by atomic mass is 16.7. The third-order valence-corrected chi connectivity index (χ3v) is 6.15. The number of carbonyl (C=O) groups is 2. The number of carbonyl (C=O) groups excluding carboxylic acids is 2. The number of hydrogen-bond donors (Lipinski definition) is 0. The molecule has 2 heterocycles. The Labute approximate surface area is 186 Å². The number of ether oxygens (including phenoxy) is 1. The summed E-state index contributed by atoms with van der Waals surface area (Å²) in [6, 6.07) is 22.4. The Morgan fingerprint density at radius 3 is 2.38 bits per heavy atom. The van der Waals surface area contributed by atoms with E-state index in [-0.39, 0.29) is 11.8 Å². The number of para-hydroxylation sites is 1. The van der Waals surface area contributed by atoms with E-state index in [1.807, 2.05) is 86.6 Å². The first-order valence-corrected chi connectivity index (χ1v) is 10.6. The second-order valence-electron chi connectivity index (χ2n) is 8.24. The van der Waals surface area contributed by atoms with E-state index in [0.717, 1.165) is 22.4 Å². The van der Waals surface area contributed by atoms with Gasteiger partial charge in [-0.25, -0.2) is 9.96 Å². The van der Waals surface area contributed by atoms with Crippen LogP contribution in [0.25, 0.3) is 0 Å². The summed E-state index contributed by atoms with van der Waals surface area (Å²) in [5.74, 6) is -0.575. The van der Waals surface area contributed by atoms with Crippen LogP contribution in [0.2, 0.25) is 0 Å². The molecule has 3 aromatic rings. The Bertz CT molecular complexity index is 1190. The predicted octanol–water partition coefficient (Wildman–Crippen LogP) is 4.36. The molecule has 0 aromatic heterocycles. The molecule has 5 rings (SSSR count). The smallest absolute Gasteiger partial charge is 0.266 e.